The van der Waals surface area contributed by atoms with Crippen LogP contribution < -0.4 is 15.2 Å². The van der Waals surface area contributed by atoms with Gasteiger partial charge in [-0.3, -0.25) is 0 Å². The maximum atomic E-state index is 14.3. The number of halogens is 2. The number of hydrogen-bond acceptors (Lipinski definition) is 10. The molecule has 41 heavy (non-hydrogen) atoms. The lowest BCUT2D eigenvalue weighted by molar-refractivity contribution is 0.245. The van der Waals surface area contributed by atoms with Crippen molar-refractivity contribution in [2.45, 2.75) is 25.5 Å². The molecular formula is C28H23FIN9O2. The Morgan fingerprint density at radius 3 is 2.46 bits per heavy atom. The van der Waals surface area contributed by atoms with Gasteiger partial charge in [0.05, 0.1) is 11.4 Å². The van der Waals surface area contributed by atoms with Crippen molar-refractivity contribution in [3.8, 4) is 34.7 Å². The number of benzene rings is 2. The van der Waals surface area contributed by atoms with Gasteiger partial charge in [0.1, 0.15) is 47.5 Å². The van der Waals surface area contributed by atoms with Crippen molar-refractivity contribution < 1.29 is 13.9 Å². The summed E-state index contributed by atoms with van der Waals surface area (Å²) in [5, 5.41) is 14.8. The van der Waals surface area contributed by atoms with Crippen LogP contribution in [-0.2, 0) is 6.61 Å². The molecule has 206 valence electrons. The normalized spacial score (nSPS) is 13.7. The summed E-state index contributed by atoms with van der Waals surface area (Å²) in [7, 11) is 0. The van der Waals surface area contributed by atoms with Gasteiger partial charge in [0.2, 0.25) is 0 Å². The molecule has 0 amide bonds. The van der Waals surface area contributed by atoms with E-state index in [9.17, 15) is 9.65 Å². The number of aromatic nitrogens is 6. The van der Waals surface area contributed by atoms with Crippen molar-refractivity contribution in [3.05, 3.63) is 76.4 Å². The molecule has 1 fully saturated rings. The Morgan fingerprint density at radius 2 is 1.73 bits per heavy atom. The average molecular weight is 663 g/mol. The van der Waals surface area contributed by atoms with E-state index in [-0.39, 0.29) is 12.6 Å². The predicted molar refractivity (Wildman–Crippen MR) is 156 cm³/mol. The van der Waals surface area contributed by atoms with Gasteiger partial charge in [-0.2, -0.15) is 10.4 Å². The average Bonchev–Trinajstić information content (AvgIpc) is 3.38. The summed E-state index contributed by atoms with van der Waals surface area (Å²) >= 11 is 2.02. The molecule has 11 nitrogen and oxygen atoms in total. The lowest BCUT2D eigenvalue weighted by Gasteiger charge is -2.28. The first kappa shape index (κ1) is 26.6. The van der Waals surface area contributed by atoms with E-state index >= 15 is 0 Å². The second-order valence-electron chi connectivity index (χ2n) is 9.47. The van der Waals surface area contributed by atoms with Crippen LogP contribution in [0, 0.1) is 21.1 Å². The number of nitrogens with two attached hydrogens (primary N) is 1. The molecule has 0 spiro atoms. The molecule has 0 radical (unpaired) electrons. The first-order valence-electron chi connectivity index (χ1n) is 12.8. The van der Waals surface area contributed by atoms with E-state index in [4.69, 9.17) is 20.3 Å². The number of anilines is 1. The highest BCUT2D eigenvalue weighted by molar-refractivity contribution is 14.1. The topological polar surface area (TPSA) is 141 Å². The molecule has 3 aromatic heterocycles. The Hall–Kier alpha value is -4.58. The summed E-state index contributed by atoms with van der Waals surface area (Å²) in [4.78, 5) is 18.7. The maximum absolute atomic E-state index is 14.3. The van der Waals surface area contributed by atoms with Gasteiger partial charge in [0.25, 0.3) is 0 Å². The van der Waals surface area contributed by atoms with Crippen molar-refractivity contribution in [1.29, 1.82) is 5.26 Å². The number of nitrogen functional groups attached to an aromatic ring is 1. The van der Waals surface area contributed by atoms with Crippen LogP contribution in [0.1, 0.15) is 24.4 Å². The van der Waals surface area contributed by atoms with Gasteiger partial charge in [-0.05, 0) is 37.1 Å². The Morgan fingerprint density at radius 1 is 1.00 bits per heavy atom. The third-order valence-electron chi connectivity index (χ3n) is 6.76. The fourth-order valence-electron chi connectivity index (χ4n) is 4.74. The number of ether oxygens (including phenoxy) is 2. The summed E-state index contributed by atoms with van der Waals surface area (Å²) in [6.07, 6.45) is 8.53. The van der Waals surface area contributed by atoms with Crippen LogP contribution in [0.3, 0.4) is 0 Å². The molecule has 2 aromatic carbocycles. The minimum atomic E-state index is -0.485. The fraction of sp³-hybridized carbons (Fsp3) is 0.214. The minimum Gasteiger partial charge on any atom is -0.489 e. The summed E-state index contributed by atoms with van der Waals surface area (Å²) in [5.41, 5.74) is 9.17. The van der Waals surface area contributed by atoms with Crippen molar-refractivity contribution in [2.24, 2.45) is 0 Å². The molecule has 2 N–H and O–H groups in total. The zero-order chi connectivity index (χ0) is 28.3. The predicted octanol–water partition coefficient (Wildman–Crippen LogP) is 5.10. The van der Waals surface area contributed by atoms with Crippen LogP contribution in [0.5, 0.6) is 17.2 Å². The Kier molecular flexibility index (Phi) is 7.47. The Labute approximate surface area is 247 Å². The van der Waals surface area contributed by atoms with Crippen LogP contribution in [0.25, 0.3) is 22.3 Å². The largest absolute Gasteiger partial charge is 0.489 e. The molecule has 0 saturated carbocycles. The van der Waals surface area contributed by atoms with E-state index < -0.39 is 5.82 Å². The third kappa shape index (κ3) is 5.82. The van der Waals surface area contributed by atoms with E-state index in [1.54, 1.807) is 35.5 Å². The smallest absolute Gasteiger partial charge is 0.190 e. The molecule has 13 heteroatoms. The van der Waals surface area contributed by atoms with Crippen LogP contribution >= 0.6 is 22.6 Å². The zero-order valence-electron chi connectivity index (χ0n) is 21.6. The Balaban J connectivity index is 1.21. The van der Waals surface area contributed by atoms with Gasteiger partial charge in [0.15, 0.2) is 15.7 Å². The molecule has 1 aliphatic rings. The molecule has 6 rings (SSSR count). The number of piperidine rings is 1. The highest BCUT2D eigenvalue weighted by Gasteiger charge is 2.25. The van der Waals surface area contributed by atoms with E-state index in [0.717, 1.165) is 24.0 Å². The standard InChI is InChI=1S/C28H23FIN9O2/c29-19-9-22(40-14-17-12-33-28(30)34-13-17)11-23(10-19)41-21-3-1-18(2-4-21)25-24-26(32)35-16-36-27(24)39(37-25)20-5-7-38(15-31)8-6-20/h1-4,9-13,16,20H,5-8,14H2,(H2,32,35,36). The molecule has 5 aromatic rings. The lowest BCUT2D eigenvalue weighted by Crippen LogP contribution is -2.31. The first-order valence-corrected chi connectivity index (χ1v) is 13.9. The molecule has 0 unspecified atom stereocenters. The highest BCUT2D eigenvalue weighted by Crippen LogP contribution is 2.35. The van der Waals surface area contributed by atoms with Gasteiger partial charge < -0.3 is 20.1 Å². The van der Waals surface area contributed by atoms with Crippen LogP contribution in [-0.4, -0.2) is 47.7 Å². The molecule has 1 saturated heterocycles. The van der Waals surface area contributed by atoms with Gasteiger partial charge in [0, 0.05) is 77.4 Å². The van der Waals surface area contributed by atoms with Crippen LogP contribution in [0.15, 0.2) is 61.2 Å². The van der Waals surface area contributed by atoms with E-state index in [1.807, 2.05) is 39.4 Å². The van der Waals surface area contributed by atoms with Crippen molar-refractivity contribution in [3.63, 3.8) is 0 Å². The highest BCUT2D eigenvalue weighted by atomic mass is 127. The molecular weight excluding hydrogens is 640 g/mol. The van der Waals surface area contributed by atoms with Gasteiger partial charge in [-0.1, -0.05) is 0 Å². The van der Waals surface area contributed by atoms with E-state index in [1.165, 1.54) is 18.5 Å². The van der Waals surface area contributed by atoms with Crippen LogP contribution in [0.2, 0.25) is 0 Å². The lowest BCUT2D eigenvalue weighted by atomic mass is 10.1. The molecule has 0 aliphatic carbocycles. The summed E-state index contributed by atoms with van der Waals surface area (Å²) in [6, 6.07) is 11.6. The number of nitrogens with zero attached hydrogens (tertiary/aromatic N) is 8. The van der Waals surface area contributed by atoms with Crippen molar-refractivity contribution >= 4 is 39.4 Å². The SMILES string of the molecule is N#CN1CCC(n2nc(-c3ccc(Oc4cc(F)cc(OCc5cnc(I)nc5)c4)cc3)c3c(N)ncnc32)CC1. The van der Waals surface area contributed by atoms with Gasteiger partial charge in [-0.15, -0.1) is 0 Å². The zero-order valence-corrected chi connectivity index (χ0v) is 23.8. The first-order chi connectivity index (χ1) is 20.0. The Bertz CT molecular complexity index is 1730. The van der Waals surface area contributed by atoms with Crippen molar-refractivity contribution in [2.75, 3.05) is 18.8 Å². The minimum absolute atomic E-state index is 0.0929. The van der Waals surface area contributed by atoms with E-state index in [2.05, 4.69) is 26.1 Å². The number of nitriles is 1. The molecule has 0 bridgehead atoms. The van der Waals surface area contributed by atoms with Gasteiger partial charge >= 0.3 is 0 Å². The van der Waals surface area contributed by atoms with E-state index in [0.29, 0.717) is 56.7 Å². The second-order valence-corrected chi connectivity index (χ2v) is 10.4. The fourth-order valence-corrected chi connectivity index (χ4v) is 5.02. The third-order valence-corrected chi connectivity index (χ3v) is 7.31. The number of fused-ring (bicyclic) bond motifs is 1. The monoisotopic (exact) mass is 663 g/mol. The number of hydrogen-bond donors (Lipinski definition) is 1. The van der Waals surface area contributed by atoms with Crippen molar-refractivity contribution in [1.82, 2.24) is 34.6 Å². The quantitative estimate of drug-likeness (QED) is 0.142. The second kappa shape index (κ2) is 11.5. The summed E-state index contributed by atoms with van der Waals surface area (Å²) < 4.78 is 28.5. The molecule has 0 atom stereocenters. The van der Waals surface area contributed by atoms with Gasteiger partial charge in [-0.25, -0.2) is 29.0 Å². The molecule has 4 heterocycles. The summed E-state index contributed by atoms with van der Waals surface area (Å²) in [6.45, 7) is 1.52. The maximum Gasteiger partial charge on any atom is 0.190 e. The molecule has 1 aliphatic heterocycles. The number of likely N-dealkylation sites (tertiary alicyclic amines) is 1. The van der Waals surface area contributed by atoms with Crippen LogP contribution in [0.4, 0.5) is 10.2 Å². The summed E-state index contributed by atoms with van der Waals surface area (Å²) in [5.74, 6) is 0.982. The number of rotatable bonds is 7.